The standard InChI is InChI=1S/C21H32N6O7/c1-11(2)6-14(25-18(30)13(22)7-12-9-23-10-24-12)19(31)26-15(8-17(28)29)20(32)27-5-3-4-16(27)21(33)34/h9-11,13-16H,3-8,22H2,1-2H3,(H,23,24)(H,25,30)(H,26,31)(H,28,29)(H,33,34). The maximum absolute atomic E-state index is 13.0. The van der Waals surface area contributed by atoms with Crippen LogP contribution in [0.3, 0.4) is 0 Å². The molecule has 0 aromatic carbocycles. The number of rotatable bonds is 12. The summed E-state index contributed by atoms with van der Waals surface area (Å²) in [6.07, 6.45) is 3.32. The number of carbonyl (C=O) groups excluding carboxylic acids is 3. The van der Waals surface area contributed by atoms with Gasteiger partial charge in [-0.15, -0.1) is 0 Å². The van der Waals surface area contributed by atoms with E-state index in [2.05, 4.69) is 20.6 Å². The van der Waals surface area contributed by atoms with Gasteiger partial charge in [0.05, 0.1) is 18.8 Å². The number of aromatic nitrogens is 2. The quantitative estimate of drug-likeness (QED) is 0.213. The molecule has 1 aliphatic rings. The second kappa shape index (κ2) is 12.1. The van der Waals surface area contributed by atoms with E-state index in [0.29, 0.717) is 12.1 Å². The molecule has 13 nitrogen and oxygen atoms in total. The van der Waals surface area contributed by atoms with Crippen LogP contribution in [0, 0.1) is 5.92 Å². The van der Waals surface area contributed by atoms with Crippen molar-refractivity contribution >= 4 is 29.7 Å². The highest BCUT2D eigenvalue weighted by Gasteiger charge is 2.39. The van der Waals surface area contributed by atoms with Crippen LogP contribution >= 0.6 is 0 Å². The first-order chi connectivity index (χ1) is 16.0. The van der Waals surface area contributed by atoms with Crippen LogP contribution in [0.15, 0.2) is 12.5 Å². The summed E-state index contributed by atoms with van der Waals surface area (Å²) < 4.78 is 0. The normalized spacial score (nSPS) is 18.2. The highest BCUT2D eigenvalue weighted by Crippen LogP contribution is 2.19. The van der Waals surface area contributed by atoms with Crippen molar-refractivity contribution in [2.75, 3.05) is 6.54 Å². The van der Waals surface area contributed by atoms with Gasteiger partial charge >= 0.3 is 11.9 Å². The summed E-state index contributed by atoms with van der Waals surface area (Å²) >= 11 is 0. The number of imidazole rings is 1. The fourth-order valence-corrected chi connectivity index (χ4v) is 3.84. The Morgan fingerprint density at radius 3 is 2.41 bits per heavy atom. The van der Waals surface area contributed by atoms with E-state index in [9.17, 15) is 34.2 Å². The Morgan fingerprint density at radius 1 is 1.18 bits per heavy atom. The summed E-state index contributed by atoms with van der Waals surface area (Å²) in [5.74, 6) is -4.68. The molecule has 7 N–H and O–H groups in total. The van der Waals surface area contributed by atoms with Crippen LogP contribution < -0.4 is 16.4 Å². The lowest BCUT2D eigenvalue weighted by molar-refractivity contribution is -0.150. The molecular weight excluding hydrogens is 448 g/mol. The molecule has 0 radical (unpaired) electrons. The first kappa shape index (κ1) is 26.8. The summed E-state index contributed by atoms with van der Waals surface area (Å²) in [5.41, 5.74) is 6.58. The molecule has 4 unspecified atom stereocenters. The van der Waals surface area contributed by atoms with Crippen LogP contribution in [0.1, 0.15) is 45.2 Å². The molecule has 1 aromatic heterocycles. The number of hydrogen-bond donors (Lipinski definition) is 6. The summed E-state index contributed by atoms with van der Waals surface area (Å²) in [6, 6.07) is -4.60. The van der Waals surface area contributed by atoms with E-state index in [0.717, 1.165) is 4.90 Å². The summed E-state index contributed by atoms with van der Waals surface area (Å²) in [5, 5.41) is 23.6. The lowest BCUT2D eigenvalue weighted by atomic mass is 10.0. The van der Waals surface area contributed by atoms with Gasteiger partial charge in [-0.25, -0.2) is 9.78 Å². The fourth-order valence-electron chi connectivity index (χ4n) is 3.84. The molecule has 0 saturated carbocycles. The molecule has 1 aromatic rings. The summed E-state index contributed by atoms with van der Waals surface area (Å²) in [4.78, 5) is 69.2. The second-order valence-electron chi connectivity index (χ2n) is 8.77. The van der Waals surface area contributed by atoms with Crippen LogP contribution in [0.4, 0.5) is 0 Å². The van der Waals surface area contributed by atoms with Gasteiger partial charge in [0.25, 0.3) is 0 Å². The molecule has 188 valence electrons. The van der Waals surface area contributed by atoms with E-state index in [4.69, 9.17) is 5.73 Å². The molecule has 34 heavy (non-hydrogen) atoms. The van der Waals surface area contributed by atoms with Gasteiger partial charge in [0.1, 0.15) is 18.1 Å². The van der Waals surface area contributed by atoms with Gasteiger partial charge in [-0.1, -0.05) is 13.8 Å². The number of amides is 3. The van der Waals surface area contributed by atoms with Crippen molar-refractivity contribution in [3.05, 3.63) is 18.2 Å². The number of aliphatic carboxylic acids is 2. The maximum Gasteiger partial charge on any atom is 0.326 e. The zero-order chi connectivity index (χ0) is 25.4. The highest BCUT2D eigenvalue weighted by molar-refractivity contribution is 5.95. The van der Waals surface area contributed by atoms with Crippen LogP contribution in [0.25, 0.3) is 0 Å². The molecule has 1 aliphatic heterocycles. The van der Waals surface area contributed by atoms with Crippen molar-refractivity contribution in [2.24, 2.45) is 11.7 Å². The average Bonchev–Trinajstić information content (AvgIpc) is 3.43. The second-order valence-corrected chi connectivity index (χ2v) is 8.77. The van der Waals surface area contributed by atoms with E-state index < -0.39 is 60.2 Å². The average molecular weight is 481 g/mol. The van der Waals surface area contributed by atoms with E-state index in [-0.39, 0.29) is 31.7 Å². The minimum Gasteiger partial charge on any atom is -0.481 e. The zero-order valence-corrected chi connectivity index (χ0v) is 19.2. The number of nitrogens with zero attached hydrogens (tertiary/aromatic N) is 2. The van der Waals surface area contributed by atoms with Gasteiger partial charge in [0, 0.05) is 24.9 Å². The van der Waals surface area contributed by atoms with Crippen molar-refractivity contribution in [3.63, 3.8) is 0 Å². The Bertz CT molecular complexity index is 888. The van der Waals surface area contributed by atoms with Crippen LogP contribution in [-0.2, 0) is 30.4 Å². The molecule has 2 rings (SSSR count). The SMILES string of the molecule is CC(C)CC(NC(=O)C(N)Cc1cnc[nH]1)C(=O)NC(CC(=O)O)C(=O)N1CCCC1C(=O)O. The van der Waals surface area contributed by atoms with Crippen molar-refractivity contribution in [1.29, 1.82) is 0 Å². The van der Waals surface area contributed by atoms with E-state index in [1.54, 1.807) is 0 Å². The third-order valence-electron chi connectivity index (χ3n) is 5.49. The van der Waals surface area contributed by atoms with Crippen molar-refractivity contribution in [1.82, 2.24) is 25.5 Å². The minimum atomic E-state index is -1.48. The van der Waals surface area contributed by atoms with E-state index in [1.807, 2.05) is 13.8 Å². The third-order valence-corrected chi connectivity index (χ3v) is 5.49. The van der Waals surface area contributed by atoms with Crippen LogP contribution in [0.2, 0.25) is 0 Å². The van der Waals surface area contributed by atoms with Gasteiger partial charge in [-0.05, 0) is 25.2 Å². The molecule has 0 spiro atoms. The van der Waals surface area contributed by atoms with Crippen molar-refractivity contribution < 1.29 is 34.2 Å². The van der Waals surface area contributed by atoms with Gasteiger partial charge < -0.3 is 36.5 Å². The maximum atomic E-state index is 13.0. The molecule has 1 fully saturated rings. The molecule has 1 saturated heterocycles. The van der Waals surface area contributed by atoms with Crippen molar-refractivity contribution in [3.8, 4) is 0 Å². The zero-order valence-electron chi connectivity index (χ0n) is 19.2. The van der Waals surface area contributed by atoms with Crippen LogP contribution in [0.5, 0.6) is 0 Å². The summed E-state index contributed by atoms with van der Waals surface area (Å²) in [6.45, 7) is 3.81. The lowest BCUT2D eigenvalue weighted by Gasteiger charge is -2.28. The van der Waals surface area contributed by atoms with Gasteiger partial charge in [0.2, 0.25) is 17.7 Å². The minimum absolute atomic E-state index is 0.0246. The predicted octanol–water partition coefficient (Wildman–Crippen LogP) is -1.15. The summed E-state index contributed by atoms with van der Waals surface area (Å²) in [7, 11) is 0. The van der Waals surface area contributed by atoms with Gasteiger partial charge in [-0.2, -0.15) is 0 Å². The first-order valence-electron chi connectivity index (χ1n) is 11.1. The number of hydrogen-bond acceptors (Lipinski definition) is 7. The highest BCUT2D eigenvalue weighted by atomic mass is 16.4. The number of H-pyrrole nitrogens is 1. The Kier molecular flexibility index (Phi) is 9.54. The number of carboxylic acid groups (broad SMARTS) is 2. The Balaban J connectivity index is 2.12. The van der Waals surface area contributed by atoms with Gasteiger partial charge in [0.15, 0.2) is 0 Å². The number of likely N-dealkylation sites (tertiary alicyclic amines) is 1. The lowest BCUT2D eigenvalue weighted by Crippen LogP contribution is -2.57. The van der Waals surface area contributed by atoms with E-state index in [1.165, 1.54) is 12.5 Å². The fraction of sp³-hybridized carbons (Fsp3) is 0.619. The number of carbonyl (C=O) groups is 5. The molecule has 2 heterocycles. The molecule has 0 aliphatic carbocycles. The third kappa shape index (κ3) is 7.54. The molecular formula is C21H32N6O7. The first-order valence-corrected chi connectivity index (χ1v) is 11.1. The number of aromatic amines is 1. The smallest absolute Gasteiger partial charge is 0.326 e. The number of nitrogens with one attached hydrogen (secondary N) is 3. The molecule has 13 heteroatoms. The topological polar surface area (TPSA) is 208 Å². The Hall–Kier alpha value is -3.48. The molecule has 4 atom stereocenters. The van der Waals surface area contributed by atoms with Gasteiger partial charge in [-0.3, -0.25) is 19.2 Å². The molecule has 3 amide bonds. The Morgan fingerprint density at radius 2 is 1.85 bits per heavy atom. The molecule has 0 bridgehead atoms. The van der Waals surface area contributed by atoms with Crippen molar-refractivity contribution in [2.45, 2.75) is 70.1 Å². The Labute approximate surface area is 196 Å². The van der Waals surface area contributed by atoms with Crippen LogP contribution in [-0.4, -0.2) is 85.5 Å². The predicted molar refractivity (Wildman–Crippen MR) is 118 cm³/mol. The van der Waals surface area contributed by atoms with E-state index >= 15 is 0 Å². The number of nitrogens with two attached hydrogens (primary N) is 1. The monoisotopic (exact) mass is 480 g/mol. The number of carboxylic acids is 2. The largest absolute Gasteiger partial charge is 0.481 e.